The number of anilines is 1. The maximum Gasteiger partial charge on any atom is 0.475 e. The number of tetrazole rings is 1. The average molecular weight is 631 g/mol. The number of amides is 1. The highest BCUT2D eigenvalue weighted by molar-refractivity contribution is 7.48. The minimum atomic E-state index is -4.07. The molecule has 1 saturated heterocycles. The minimum Gasteiger partial charge on any atom is -0.441 e. The van der Waals surface area contributed by atoms with Crippen molar-refractivity contribution >= 4 is 19.6 Å². The third kappa shape index (κ3) is 7.47. The van der Waals surface area contributed by atoms with Crippen molar-refractivity contribution in [3.63, 3.8) is 0 Å². The molecule has 0 saturated carbocycles. The number of nitrogens with zero attached hydrogens (tertiary/aromatic N) is 6. The predicted molar refractivity (Wildman–Crippen MR) is 161 cm³/mol. The number of carbonyl (C=O) groups is 1. The van der Waals surface area contributed by atoms with Crippen molar-refractivity contribution in [1.29, 1.82) is 0 Å². The van der Waals surface area contributed by atoms with Crippen molar-refractivity contribution < 1.29 is 32.1 Å². The number of hydrogen-bond donors (Lipinski definition) is 0. The lowest BCUT2D eigenvalue weighted by Gasteiger charge is -2.20. The lowest BCUT2D eigenvalue weighted by atomic mass is 10.1. The fourth-order valence-corrected chi connectivity index (χ4v) is 5.73. The van der Waals surface area contributed by atoms with Gasteiger partial charge < -0.3 is 4.74 Å². The molecule has 1 atom stereocenters. The second-order valence-corrected chi connectivity index (χ2v) is 11.7. The summed E-state index contributed by atoms with van der Waals surface area (Å²) < 4.78 is 51.2. The molecule has 0 radical (unpaired) electrons. The van der Waals surface area contributed by atoms with Crippen molar-refractivity contribution in [3.8, 4) is 22.6 Å². The van der Waals surface area contributed by atoms with Crippen LogP contribution in [0.25, 0.3) is 22.6 Å². The first-order valence-electron chi connectivity index (χ1n) is 14.0. The molecule has 0 unspecified atom stereocenters. The number of hydrogen-bond acceptors (Lipinski definition) is 10. The van der Waals surface area contributed by atoms with Crippen LogP contribution < -0.4 is 4.90 Å². The number of phosphoric acid groups is 1. The second-order valence-electron chi connectivity index (χ2n) is 10.1. The Morgan fingerprint density at radius 1 is 0.933 bits per heavy atom. The van der Waals surface area contributed by atoms with Crippen molar-refractivity contribution in [1.82, 2.24) is 25.2 Å². The van der Waals surface area contributed by atoms with Gasteiger partial charge in [0.1, 0.15) is 17.6 Å². The van der Waals surface area contributed by atoms with Gasteiger partial charge in [-0.1, -0.05) is 66.7 Å². The number of aromatic nitrogens is 5. The highest BCUT2D eigenvalue weighted by Gasteiger charge is 2.36. The predicted octanol–water partition coefficient (Wildman–Crippen LogP) is 5.96. The molecule has 1 aliphatic heterocycles. The van der Waals surface area contributed by atoms with Crippen LogP contribution in [0.15, 0.2) is 97.2 Å². The van der Waals surface area contributed by atoms with Crippen LogP contribution in [0.3, 0.4) is 0 Å². The van der Waals surface area contributed by atoms with E-state index in [4.69, 9.17) is 18.3 Å². The van der Waals surface area contributed by atoms with Crippen molar-refractivity contribution in [3.05, 3.63) is 114 Å². The maximum atomic E-state index is 15.3. The van der Waals surface area contributed by atoms with Crippen LogP contribution in [-0.4, -0.2) is 50.5 Å². The van der Waals surface area contributed by atoms with Crippen LogP contribution in [0.4, 0.5) is 14.9 Å². The van der Waals surface area contributed by atoms with E-state index in [1.165, 1.54) is 22.0 Å². The number of benzene rings is 3. The highest BCUT2D eigenvalue weighted by Crippen LogP contribution is 2.51. The summed E-state index contributed by atoms with van der Waals surface area (Å²) in [4.78, 5) is 19.7. The summed E-state index contributed by atoms with van der Waals surface area (Å²) in [5.74, 6) is -0.201. The molecule has 5 aromatic rings. The first-order valence-corrected chi connectivity index (χ1v) is 15.4. The molecule has 0 bridgehead atoms. The maximum absolute atomic E-state index is 15.3. The van der Waals surface area contributed by atoms with E-state index in [1.807, 2.05) is 60.7 Å². The van der Waals surface area contributed by atoms with Crippen molar-refractivity contribution in [2.75, 3.05) is 18.1 Å². The third-order valence-electron chi connectivity index (χ3n) is 6.83. The number of rotatable bonds is 12. The number of ether oxygens (including phenoxy) is 1. The first kappa shape index (κ1) is 30.2. The smallest absolute Gasteiger partial charge is 0.441 e. The molecule has 2 aromatic heterocycles. The molecule has 6 rings (SSSR count). The number of pyridine rings is 1. The molecule has 45 heavy (non-hydrogen) atoms. The van der Waals surface area contributed by atoms with Crippen LogP contribution in [0.5, 0.6) is 0 Å². The molecule has 230 valence electrons. The summed E-state index contributed by atoms with van der Waals surface area (Å²) in [7, 11) is -2.43. The summed E-state index contributed by atoms with van der Waals surface area (Å²) in [6, 6.07) is 26.2. The molecule has 3 heterocycles. The zero-order valence-electron chi connectivity index (χ0n) is 24.1. The first-order chi connectivity index (χ1) is 21.8. The van der Waals surface area contributed by atoms with Gasteiger partial charge in [-0.3, -0.25) is 23.5 Å². The molecule has 0 N–H and O–H groups in total. The zero-order valence-corrected chi connectivity index (χ0v) is 25.0. The van der Waals surface area contributed by atoms with Crippen LogP contribution in [0.2, 0.25) is 0 Å². The van der Waals surface area contributed by atoms with E-state index in [9.17, 15) is 9.36 Å². The fraction of sp³-hybridized carbons (Fsp3) is 0.194. The molecule has 1 amide bonds. The van der Waals surface area contributed by atoms with E-state index < -0.39 is 25.8 Å². The van der Waals surface area contributed by atoms with Gasteiger partial charge in [-0.05, 0) is 40.6 Å². The normalized spacial score (nSPS) is 14.9. The van der Waals surface area contributed by atoms with E-state index in [2.05, 4.69) is 20.4 Å². The van der Waals surface area contributed by atoms with Crippen LogP contribution in [0, 0.1) is 5.82 Å². The lowest BCUT2D eigenvalue weighted by Crippen LogP contribution is -2.26. The van der Waals surface area contributed by atoms with Crippen LogP contribution in [0.1, 0.15) is 11.1 Å². The number of halogens is 1. The van der Waals surface area contributed by atoms with Gasteiger partial charge in [0.15, 0.2) is 0 Å². The number of carbonyl (C=O) groups excluding carboxylic acids is 1. The molecule has 1 aliphatic rings. The van der Waals surface area contributed by atoms with Gasteiger partial charge in [0.25, 0.3) is 0 Å². The van der Waals surface area contributed by atoms with Gasteiger partial charge in [0.05, 0.1) is 39.1 Å². The van der Waals surface area contributed by atoms with Crippen LogP contribution in [-0.2, 0) is 43.1 Å². The Labute approximate surface area is 258 Å². The summed E-state index contributed by atoms with van der Waals surface area (Å²) >= 11 is 0. The Morgan fingerprint density at radius 3 is 2.20 bits per heavy atom. The Balaban J connectivity index is 1.10. The topological polar surface area (TPSA) is 131 Å². The van der Waals surface area contributed by atoms with Gasteiger partial charge >= 0.3 is 13.9 Å². The van der Waals surface area contributed by atoms with Crippen LogP contribution >= 0.6 is 7.82 Å². The Kier molecular flexibility index (Phi) is 9.03. The lowest BCUT2D eigenvalue weighted by molar-refractivity contribution is 0.0596. The largest absolute Gasteiger partial charge is 0.475 e. The third-order valence-corrected chi connectivity index (χ3v) is 8.19. The number of aryl methyl sites for hydroxylation is 1. The SMILES string of the molecule is Cn1nnc(-c2ccc(-c3ccc(N4C[C@H](COP(=O)(OCc5ccccc5)OCc5ccccc5)OC4=O)cc3F)cn2)n1. The molecular formula is C31H28FN6O6P. The van der Waals surface area contributed by atoms with Gasteiger partial charge in [0.2, 0.25) is 5.82 Å². The molecule has 0 spiro atoms. The van der Waals surface area contributed by atoms with E-state index in [0.717, 1.165) is 11.1 Å². The molecule has 3 aromatic carbocycles. The average Bonchev–Trinajstić information content (AvgIpc) is 3.68. The molecule has 12 nitrogen and oxygen atoms in total. The highest BCUT2D eigenvalue weighted by atomic mass is 31.2. The van der Waals surface area contributed by atoms with E-state index in [0.29, 0.717) is 28.3 Å². The zero-order chi connectivity index (χ0) is 31.2. The molecule has 0 aliphatic carbocycles. The van der Waals surface area contributed by atoms with Gasteiger partial charge in [-0.25, -0.2) is 13.8 Å². The van der Waals surface area contributed by atoms with Gasteiger partial charge in [-0.2, -0.15) is 4.80 Å². The van der Waals surface area contributed by atoms with Gasteiger partial charge in [0, 0.05) is 17.3 Å². The summed E-state index contributed by atoms with van der Waals surface area (Å²) in [5.41, 5.74) is 3.18. The minimum absolute atomic E-state index is 0.00933. The van der Waals surface area contributed by atoms with Gasteiger partial charge in [-0.15, -0.1) is 10.2 Å². The Hall–Kier alpha value is -4.81. The summed E-state index contributed by atoms with van der Waals surface area (Å²) in [5, 5.41) is 11.8. The Bertz CT molecular complexity index is 1760. The Morgan fingerprint density at radius 2 is 1.62 bits per heavy atom. The molecule has 1 fully saturated rings. The van der Waals surface area contributed by atoms with E-state index in [1.54, 1.807) is 31.3 Å². The van der Waals surface area contributed by atoms with Crippen molar-refractivity contribution in [2.24, 2.45) is 7.05 Å². The fourth-order valence-electron chi connectivity index (χ4n) is 4.54. The summed E-state index contributed by atoms with van der Waals surface area (Å²) in [6.07, 6.45) is 0.0170. The quantitative estimate of drug-likeness (QED) is 0.152. The standard InChI is InChI=1S/C31H28FN6O6P/c1-37-35-30(34-36-37)29-15-12-24(17-33-29)27-14-13-25(16-28(27)32)38-18-26(44-31(38)39)21-43-45(40,41-19-22-8-4-2-5-9-22)42-20-23-10-6-3-7-11-23/h2-17,26H,18-21H2,1H3/t26-/m1/s1. The number of cyclic esters (lactones) is 1. The number of phosphoric ester groups is 1. The second kappa shape index (κ2) is 13.4. The van der Waals surface area contributed by atoms with E-state index >= 15 is 4.39 Å². The van der Waals surface area contributed by atoms with Crippen molar-refractivity contribution in [2.45, 2.75) is 19.3 Å². The monoisotopic (exact) mass is 630 g/mol. The molecule has 14 heteroatoms. The summed E-state index contributed by atoms with van der Waals surface area (Å²) in [6.45, 7) is -0.242. The molecular weight excluding hydrogens is 602 g/mol. The van der Waals surface area contributed by atoms with E-state index in [-0.39, 0.29) is 26.4 Å².